The molecule has 2 aromatic rings. The molecule has 204 valence electrons. The SMILES string of the molecule is CCCCOc1ccc(C(=O)N2CCC(C(=O)NC3CCCC[C@H]3NC(=O)c3ccccc3C)CC2)cc1. The van der Waals surface area contributed by atoms with Crippen molar-refractivity contribution < 1.29 is 19.1 Å². The number of piperidine rings is 1. The highest BCUT2D eigenvalue weighted by Gasteiger charge is 2.32. The largest absolute Gasteiger partial charge is 0.494 e. The number of unbranched alkanes of at least 4 members (excludes halogenated alkanes) is 1. The van der Waals surface area contributed by atoms with Crippen LogP contribution in [0.1, 0.15) is 84.6 Å². The molecule has 0 aromatic heterocycles. The zero-order valence-electron chi connectivity index (χ0n) is 22.7. The van der Waals surface area contributed by atoms with Gasteiger partial charge in [0.2, 0.25) is 5.91 Å². The Kier molecular flexibility index (Phi) is 9.79. The molecule has 1 aliphatic heterocycles. The Labute approximate surface area is 226 Å². The minimum atomic E-state index is -0.122. The molecule has 2 fully saturated rings. The van der Waals surface area contributed by atoms with E-state index in [1.807, 2.05) is 60.4 Å². The number of aryl methyl sites for hydroxylation is 1. The topological polar surface area (TPSA) is 87.7 Å². The molecule has 7 heteroatoms. The van der Waals surface area contributed by atoms with Crippen LogP contribution in [-0.2, 0) is 4.79 Å². The summed E-state index contributed by atoms with van der Waals surface area (Å²) in [6.07, 6.45) is 7.17. The molecule has 0 bridgehead atoms. The van der Waals surface area contributed by atoms with Crippen molar-refractivity contribution in [1.29, 1.82) is 0 Å². The van der Waals surface area contributed by atoms with Gasteiger partial charge in [0.05, 0.1) is 6.61 Å². The maximum Gasteiger partial charge on any atom is 0.253 e. The second-order valence-corrected chi connectivity index (χ2v) is 10.6. The fourth-order valence-electron chi connectivity index (χ4n) is 5.41. The number of nitrogens with one attached hydrogen (secondary N) is 2. The maximum atomic E-state index is 13.2. The Hall–Kier alpha value is -3.35. The quantitative estimate of drug-likeness (QED) is 0.462. The van der Waals surface area contributed by atoms with Gasteiger partial charge in [0, 0.05) is 42.2 Å². The number of ether oxygens (including phenoxy) is 1. The van der Waals surface area contributed by atoms with E-state index in [4.69, 9.17) is 4.74 Å². The summed E-state index contributed by atoms with van der Waals surface area (Å²) in [6, 6.07) is 14.8. The van der Waals surface area contributed by atoms with Gasteiger partial charge >= 0.3 is 0 Å². The molecule has 3 amide bonds. The van der Waals surface area contributed by atoms with Gasteiger partial charge in [0.25, 0.3) is 11.8 Å². The Balaban J connectivity index is 1.26. The summed E-state index contributed by atoms with van der Waals surface area (Å²) in [5.74, 6) is 0.606. The molecule has 1 saturated carbocycles. The van der Waals surface area contributed by atoms with Gasteiger partial charge in [-0.2, -0.15) is 0 Å². The average molecular weight is 520 g/mol. The molecule has 2 aromatic carbocycles. The van der Waals surface area contributed by atoms with Crippen LogP contribution in [0.15, 0.2) is 48.5 Å². The number of hydrogen-bond acceptors (Lipinski definition) is 4. The van der Waals surface area contributed by atoms with Crippen LogP contribution in [-0.4, -0.2) is 54.4 Å². The highest BCUT2D eigenvalue weighted by Crippen LogP contribution is 2.24. The second-order valence-electron chi connectivity index (χ2n) is 10.6. The Morgan fingerprint density at radius 3 is 2.21 bits per heavy atom. The van der Waals surface area contributed by atoms with Crippen LogP contribution in [0.4, 0.5) is 0 Å². The van der Waals surface area contributed by atoms with E-state index >= 15 is 0 Å². The lowest BCUT2D eigenvalue weighted by Gasteiger charge is -2.36. The molecule has 1 unspecified atom stereocenters. The zero-order valence-corrected chi connectivity index (χ0v) is 22.7. The predicted molar refractivity (Wildman–Crippen MR) is 148 cm³/mol. The number of rotatable bonds is 9. The highest BCUT2D eigenvalue weighted by molar-refractivity contribution is 5.96. The van der Waals surface area contributed by atoms with E-state index in [0.29, 0.717) is 43.7 Å². The van der Waals surface area contributed by atoms with Gasteiger partial charge in [-0.15, -0.1) is 0 Å². The maximum absolute atomic E-state index is 13.2. The van der Waals surface area contributed by atoms with Crippen molar-refractivity contribution in [3.8, 4) is 5.75 Å². The van der Waals surface area contributed by atoms with Crippen LogP contribution >= 0.6 is 0 Å². The third-order valence-electron chi connectivity index (χ3n) is 7.82. The van der Waals surface area contributed by atoms with Crippen LogP contribution in [0.3, 0.4) is 0 Å². The summed E-state index contributed by atoms with van der Waals surface area (Å²) in [5.41, 5.74) is 2.27. The van der Waals surface area contributed by atoms with Crippen LogP contribution < -0.4 is 15.4 Å². The summed E-state index contributed by atoms with van der Waals surface area (Å²) in [4.78, 5) is 40.9. The molecular formula is C31H41N3O4. The summed E-state index contributed by atoms with van der Waals surface area (Å²) >= 11 is 0. The number of amides is 3. The summed E-state index contributed by atoms with van der Waals surface area (Å²) in [5, 5.41) is 6.42. The van der Waals surface area contributed by atoms with Crippen LogP contribution in [0, 0.1) is 12.8 Å². The summed E-state index contributed by atoms with van der Waals surface area (Å²) in [6.45, 7) is 5.86. The fourth-order valence-corrected chi connectivity index (χ4v) is 5.41. The minimum absolute atomic E-state index is 0.00442. The Morgan fingerprint density at radius 2 is 1.55 bits per heavy atom. The lowest BCUT2D eigenvalue weighted by molar-refractivity contribution is -0.127. The smallest absolute Gasteiger partial charge is 0.253 e. The van der Waals surface area contributed by atoms with Gasteiger partial charge in [0.15, 0.2) is 0 Å². The Morgan fingerprint density at radius 1 is 0.895 bits per heavy atom. The number of likely N-dealkylation sites (tertiary alicyclic amines) is 1. The molecule has 0 radical (unpaired) electrons. The third kappa shape index (κ3) is 7.15. The van der Waals surface area contributed by atoms with Crippen LogP contribution in [0.25, 0.3) is 0 Å². The molecule has 4 rings (SSSR count). The molecular weight excluding hydrogens is 478 g/mol. The number of carbonyl (C=O) groups is 3. The first-order valence-corrected chi connectivity index (χ1v) is 14.1. The van der Waals surface area contributed by atoms with E-state index in [1.165, 1.54) is 0 Å². The average Bonchev–Trinajstić information content (AvgIpc) is 2.94. The monoisotopic (exact) mass is 519 g/mol. The van der Waals surface area contributed by atoms with Gasteiger partial charge < -0.3 is 20.3 Å². The normalized spacial score (nSPS) is 20.0. The molecule has 38 heavy (non-hydrogen) atoms. The van der Waals surface area contributed by atoms with Crippen LogP contribution in [0.2, 0.25) is 0 Å². The molecule has 1 heterocycles. The van der Waals surface area contributed by atoms with Crippen molar-refractivity contribution >= 4 is 17.7 Å². The lowest BCUT2D eigenvalue weighted by atomic mass is 9.88. The van der Waals surface area contributed by atoms with Crippen molar-refractivity contribution in [2.75, 3.05) is 19.7 Å². The van der Waals surface area contributed by atoms with E-state index in [1.54, 1.807) is 0 Å². The highest BCUT2D eigenvalue weighted by atomic mass is 16.5. The number of hydrogen-bond donors (Lipinski definition) is 2. The van der Waals surface area contributed by atoms with E-state index < -0.39 is 0 Å². The molecule has 1 saturated heterocycles. The van der Waals surface area contributed by atoms with Crippen molar-refractivity contribution in [2.45, 2.75) is 77.3 Å². The first-order valence-electron chi connectivity index (χ1n) is 14.1. The van der Waals surface area contributed by atoms with Gasteiger partial charge in [-0.1, -0.05) is 44.4 Å². The predicted octanol–water partition coefficient (Wildman–Crippen LogP) is 4.88. The first kappa shape index (κ1) is 27.7. The van der Waals surface area contributed by atoms with Gasteiger partial charge in [0.1, 0.15) is 5.75 Å². The molecule has 2 aliphatic rings. The standard InChI is InChI=1S/C31H41N3O4/c1-3-4-21-38-25-15-13-24(14-16-25)31(37)34-19-17-23(18-20-34)29(35)32-27-11-7-8-12-28(27)33-30(36)26-10-6-5-9-22(26)2/h5-6,9-10,13-16,23,27-28H,3-4,7-8,11-12,17-21H2,1-2H3,(H,32,35)(H,33,36)/t27?,28-/m1/s1. The summed E-state index contributed by atoms with van der Waals surface area (Å²) < 4.78 is 5.69. The van der Waals surface area contributed by atoms with Crippen molar-refractivity contribution in [1.82, 2.24) is 15.5 Å². The summed E-state index contributed by atoms with van der Waals surface area (Å²) in [7, 11) is 0. The van der Waals surface area contributed by atoms with Gasteiger partial charge in [-0.3, -0.25) is 14.4 Å². The van der Waals surface area contributed by atoms with E-state index in [9.17, 15) is 14.4 Å². The van der Waals surface area contributed by atoms with E-state index in [0.717, 1.165) is 49.8 Å². The third-order valence-corrected chi connectivity index (χ3v) is 7.82. The molecule has 0 spiro atoms. The second kappa shape index (κ2) is 13.4. The molecule has 2 N–H and O–H groups in total. The van der Waals surface area contributed by atoms with Crippen molar-refractivity contribution in [2.24, 2.45) is 5.92 Å². The fraction of sp³-hybridized carbons (Fsp3) is 0.516. The zero-order chi connectivity index (χ0) is 26.9. The molecule has 2 atom stereocenters. The van der Waals surface area contributed by atoms with Crippen molar-refractivity contribution in [3.05, 3.63) is 65.2 Å². The number of nitrogens with zero attached hydrogens (tertiary/aromatic N) is 1. The molecule has 7 nitrogen and oxygen atoms in total. The van der Waals surface area contributed by atoms with E-state index in [2.05, 4.69) is 17.6 Å². The lowest BCUT2D eigenvalue weighted by Crippen LogP contribution is -2.55. The van der Waals surface area contributed by atoms with Crippen molar-refractivity contribution in [3.63, 3.8) is 0 Å². The Bertz CT molecular complexity index is 1090. The number of carbonyl (C=O) groups excluding carboxylic acids is 3. The number of benzene rings is 2. The first-order chi connectivity index (χ1) is 18.5. The molecule has 1 aliphatic carbocycles. The van der Waals surface area contributed by atoms with Gasteiger partial charge in [-0.05, 0) is 74.9 Å². The van der Waals surface area contributed by atoms with E-state index in [-0.39, 0.29) is 35.7 Å². The minimum Gasteiger partial charge on any atom is -0.494 e. The van der Waals surface area contributed by atoms with Crippen LogP contribution in [0.5, 0.6) is 5.75 Å². The van der Waals surface area contributed by atoms with Gasteiger partial charge in [-0.25, -0.2) is 0 Å².